The van der Waals surface area contributed by atoms with E-state index in [0.717, 1.165) is 12.0 Å². The van der Waals surface area contributed by atoms with E-state index in [9.17, 15) is 9.18 Å². The highest BCUT2D eigenvalue weighted by Crippen LogP contribution is 2.19. The van der Waals surface area contributed by atoms with Crippen molar-refractivity contribution in [3.8, 4) is 0 Å². The Morgan fingerprint density at radius 3 is 2.42 bits per heavy atom. The third kappa shape index (κ3) is 5.39. The van der Waals surface area contributed by atoms with E-state index in [2.05, 4.69) is 0 Å². The number of hydrogen-bond acceptors (Lipinski definition) is 2. The molecule has 0 atom stereocenters. The number of benzene rings is 1. The standard InChI is InChI=1S/C15H23FN2O/c1-15(2,11-17)10-14(19)18(3)9-8-12-4-6-13(16)7-5-12/h4-7H,8-11,17H2,1-3H3. The summed E-state index contributed by atoms with van der Waals surface area (Å²) in [6.45, 7) is 5.09. The molecule has 0 saturated carbocycles. The van der Waals surface area contributed by atoms with Crippen molar-refractivity contribution in [2.24, 2.45) is 11.1 Å². The SMILES string of the molecule is CN(CCc1ccc(F)cc1)C(=O)CC(C)(C)CN. The highest BCUT2D eigenvalue weighted by atomic mass is 19.1. The van der Waals surface area contributed by atoms with E-state index >= 15 is 0 Å². The average molecular weight is 266 g/mol. The molecule has 19 heavy (non-hydrogen) atoms. The molecule has 0 aromatic heterocycles. The number of halogens is 1. The molecule has 2 N–H and O–H groups in total. The molecule has 0 aliphatic heterocycles. The molecule has 4 heteroatoms. The number of likely N-dealkylation sites (N-methyl/N-ethyl adjacent to an activating group) is 1. The van der Waals surface area contributed by atoms with Gasteiger partial charge >= 0.3 is 0 Å². The van der Waals surface area contributed by atoms with Gasteiger partial charge in [0.25, 0.3) is 0 Å². The number of amides is 1. The number of rotatable bonds is 6. The Labute approximate surface area is 114 Å². The van der Waals surface area contributed by atoms with Crippen LogP contribution in [0.3, 0.4) is 0 Å². The highest BCUT2D eigenvalue weighted by molar-refractivity contribution is 5.76. The Kier molecular flexibility index (Phi) is 5.48. The van der Waals surface area contributed by atoms with Crippen LogP contribution in [0.1, 0.15) is 25.8 Å². The summed E-state index contributed by atoms with van der Waals surface area (Å²) in [6, 6.07) is 6.37. The molecule has 0 bridgehead atoms. The molecule has 0 radical (unpaired) electrons. The summed E-state index contributed by atoms with van der Waals surface area (Å²) in [6.07, 6.45) is 1.18. The summed E-state index contributed by atoms with van der Waals surface area (Å²) in [7, 11) is 1.79. The van der Waals surface area contributed by atoms with Gasteiger partial charge in [-0.2, -0.15) is 0 Å². The topological polar surface area (TPSA) is 46.3 Å². The van der Waals surface area contributed by atoms with Crippen molar-refractivity contribution in [3.05, 3.63) is 35.6 Å². The number of hydrogen-bond donors (Lipinski definition) is 1. The first kappa shape index (κ1) is 15.6. The molecule has 106 valence electrons. The maximum Gasteiger partial charge on any atom is 0.222 e. The Morgan fingerprint density at radius 2 is 1.89 bits per heavy atom. The van der Waals surface area contributed by atoms with Crippen molar-refractivity contribution in [3.63, 3.8) is 0 Å². The van der Waals surface area contributed by atoms with E-state index in [1.54, 1.807) is 24.1 Å². The first-order valence-electron chi connectivity index (χ1n) is 6.52. The maximum absolute atomic E-state index is 12.8. The van der Waals surface area contributed by atoms with Crippen LogP contribution < -0.4 is 5.73 Å². The van der Waals surface area contributed by atoms with Gasteiger partial charge < -0.3 is 10.6 Å². The lowest BCUT2D eigenvalue weighted by Gasteiger charge is -2.25. The van der Waals surface area contributed by atoms with Crippen LogP contribution in [0, 0.1) is 11.2 Å². The molecule has 1 aromatic rings. The predicted molar refractivity (Wildman–Crippen MR) is 75.2 cm³/mol. The number of carbonyl (C=O) groups excluding carboxylic acids is 1. The largest absolute Gasteiger partial charge is 0.345 e. The van der Waals surface area contributed by atoms with Crippen molar-refractivity contribution < 1.29 is 9.18 Å². The van der Waals surface area contributed by atoms with Crippen LogP contribution >= 0.6 is 0 Å². The van der Waals surface area contributed by atoms with Gasteiger partial charge in [0, 0.05) is 20.0 Å². The van der Waals surface area contributed by atoms with Gasteiger partial charge in [0.1, 0.15) is 5.82 Å². The molecule has 0 unspecified atom stereocenters. The molecular weight excluding hydrogens is 243 g/mol. The molecule has 1 rings (SSSR count). The zero-order valence-corrected chi connectivity index (χ0v) is 11.9. The van der Waals surface area contributed by atoms with E-state index in [1.807, 2.05) is 13.8 Å². The zero-order valence-electron chi connectivity index (χ0n) is 11.9. The Morgan fingerprint density at radius 1 is 1.32 bits per heavy atom. The fourth-order valence-electron chi connectivity index (χ4n) is 1.69. The minimum Gasteiger partial charge on any atom is -0.345 e. The van der Waals surface area contributed by atoms with Gasteiger partial charge in [-0.1, -0.05) is 26.0 Å². The fourth-order valence-corrected chi connectivity index (χ4v) is 1.69. The summed E-state index contributed by atoms with van der Waals surface area (Å²) in [5.41, 5.74) is 6.49. The van der Waals surface area contributed by atoms with Crippen LogP contribution in [0.5, 0.6) is 0 Å². The zero-order chi connectivity index (χ0) is 14.5. The molecule has 3 nitrogen and oxygen atoms in total. The lowest BCUT2D eigenvalue weighted by molar-refractivity contribution is -0.131. The summed E-state index contributed by atoms with van der Waals surface area (Å²) < 4.78 is 12.8. The van der Waals surface area contributed by atoms with E-state index in [4.69, 9.17) is 5.73 Å². The predicted octanol–water partition coefficient (Wildman–Crippen LogP) is 2.20. The van der Waals surface area contributed by atoms with Gasteiger partial charge in [-0.05, 0) is 36.1 Å². The normalized spacial score (nSPS) is 11.4. The average Bonchev–Trinajstić information content (AvgIpc) is 2.37. The fraction of sp³-hybridized carbons (Fsp3) is 0.533. The molecule has 0 aliphatic rings. The first-order chi connectivity index (χ1) is 8.84. The van der Waals surface area contributed by atoms with E-state index in [0.29, 0.717) is 19.5 Å². The lowest BCUT2D eigenvalue weighted by atomic mass is 9.89. The third-order valence-electron chi connectivity index (χ3n) is 3.26. The second-order valence-electron chi connectivity index (χ2n) is 5.74. The Bertz CT molecular complexity index is 415. The van der Waals surface area contributed by atoms with Crippen LogP contribution in [-0.2, 0) is 11.2 Å². The maximum atomic E-state index is 12.8. The van der Waals surface area contributed by atoms with Gasteiger partial charge in [0.05, 0.1) is 0 Å². The van der Waals surface area contributed by atoms with E-state index in [1.165, 1.54) is 12.1 Å². The molecule has 0 saturated heterocycles. The Balaban J connectivity index is 2.44. The van der Waals surface area contributed by atoms with Gasteiger partial charge in [-0.25, -0.2) is 4.39 Å². The third-order valence-corrected chi connectivity index (χ3v) is 3.26. The summed E-state index contributed by atoms with van der Waals surface area (Å²) in [4.78, 5) is 13.7. The van der Waals surface area contributed by atoms with Crippen molar-refractivity contribution in [1.29, 1.82) is 0 Å². The summed E-state index contributed by atoms with van der Waals surface area (Å²) >= 11 is 0. The molecule has 0 spiro atoms. The molecule has 0 fully saturated rings. The first-order valence-corrected chi connectivity index (χ1v) is 6.52. The van der Waals surface area contributed by atoms with Crippen LogP contribution in [0.4, 0.5) is 4.39 Å². The minimum atomic E-state index is -0.238. The number of carbonyl (C=O) groups is 1. The van der Waals surface area contributed by atoms with Crippen molar-refractivity contribution in [1.82, 2.24) is 4.90 Å². The summed E-state index contributed by atoms with van der Waals surface area (Å²) in [5.74, 6) is -0.143. The van der Waals surface area contributed by atoms with Crippen molar-refractivity contribution >= 4 is 5.91 Å². The lowest BCUT2D eigenvalue weighted by Crippen LogP contribution is -2.35. The highest BCUT2D eigenvalue weighted by Gasteiger charge is 2.22. The second kappa shape index (κ2) is 6.66. The number of nitrogens with two attached hydrogens (primary N) is 1. The molecule has 1 amide bonds. The monoisotopic (exact) mass is 266 g/mol. The second-order valence-corrected chi connectivity index (χ2v) is 5.74. The van der Waals surface area contributed by atoms with Gasteiger partial charge in [0.15, 0.2) is 0 Å². The van der Waals surface area contributed by atoms with E-state index in [-0.39, 0.29) is 17.1 Å². The smallest absolute Gasteiger partial charge is 0.222 e. The van der Waals surface area contributed by atoms with Crippen LogP contribution in [0.15, 0.2) is 24.3 Å². The summed E-state index contributed by atoms with van der Waals surface area (Å²) in [5, 5.41) is 0. The van der Waals surface area contributed by atoms with E-state index < -0.39 is 0 Å². The minimum absolute atomic E-state index is 0.0950. The van der Waals surface area contributed by atoms with Crippen LogP contribution in [0.25, 0.3) is 0 Å². The van der Waals surface area contributed by atoms with Crippen LogP contribution in [0.2, 0.25) is 0 Å². The van der Waals surface area contributed by atoms with Gasteiger partial charge in [-0.3, -0.25) is 4.79 Å². The van der Waals surface area contributed by atoms with Crippen molar-refractivity contribution in [2.75, 3.05) is 20.1 Å². The van der Waals surface area contributed by atoms with Crippen LogP contribution in [-0.4, -0.2) is 30.9 Å². The molecule has 0 heterocycles. The van der Waals surface area contributed by atoms with Crippen molar-refractivity contribution in [2.45, 2.75) is 26.7 Å². The number of nitrogens with zero attached hydrogens (tertiary/aromatic N) is 1. The molecule has 0 aliphatic carbocycles. The molecule has 1 aromatic carbocycles. The van der Waals surface area contributed by atoms with Gasteiger partial charge in [-0.15, -0.1) is 0 Å². The van der Waals surface area contributed by atoms with Gasteiger partial charge in [0.2, 0.25) is 5.91 Å². The Hall–Kier alpha value is -1.42. The molecular formula is C15H23FN2O. The quantitative estimate of drug-likeness (QED) is 0.858.